The summed E-state index contributed by atoms with van der Waals surface area (Å²) in [6, 6.07) is 0. The molecule has 0 saturated carbocycles. The topological polar surface area (TPSA) is 35.5 Å². The van der Waals surface area contributed by atoms with E-state index >= 15 is 0 Å². The zero-order valence-corrected chi connectivity index (χ0v) is 9.55. The number of rotatable bonds is 5. The van der Waals surface area contributed by atoms with Crippen molar-refractivity contribution in [2.24, 2.45) is 5.41 Å². The van der Waals surface area contributed by atoms with Gasteiger partial charge in [-0.15, -0.1) is 0 Å². The van der Waals surface area contributed by atoms with E-state index in [2.05, 4.69) is 24.3 Å². The van der Waals surface area contributed by atoms with Gasteiger partial charge < -0.3 is 5.11 Å². The molecule has 0 aromatic carbocycles. The zero-order chi connectivity index (χ0) is 10.4. The molecule has 0 bridgehead atoms. The van der Waals surface area contributed by atoms with Gasteiger partial charge in [0, 0.05) is 31.7 Å². The van der Waals surface area contributed by atoms with Crippen LogP contribution in [0.2, 0.25) is 0 Å². The van der Waals surface area contributed by atoms with Gasteiger partial charge in [0.15, 0.2) is 0 Å². The average Bonchev–Trinajstić information content (AvgIpc) is 2.27. The van der Waals surface area contributed by atoms with Gasteiger partial charge in [-0.05, 0) is 19.3 Å². The van der Waals surface area contributed by atoms with Crippen LogP contribution in [0.3, 0.4) is 0 Å². The Kier molecular flexibility index (Phi) is 4.85. The van der Waals surface area contributed by atoms with Crippen LogP contribution in [0.1, 0.15) is 39.5 Å². The van der Waals surface area contributed by atoms with E-state index in [1.165, 1.54) is 19.3 Å². The van der Waals surface area contributed by atoms with E-state index in [0.29, 0.717) is 0 Å². The van der Waals surface area contributed by atoms with Crippen LogP contribution in [-0.2, 0) is 0 Å². The third-order valence-corrected chi connectivity index (χ3v) is 3.32. The van der Waals surface area contributed by atoms with Crippen LogP contribution in [0, 0.1) is 5.41 Å². The second-order valence-electron chi connectivity index (χ2n) is 4.70. The van der Waals surface area contributed by atoms with Crippen molar-refractivity contribution in [3.63, 3.8) is 0 Å². The summed E-state index contributed by atoms with van der Waals surface area (Å²) in [7, 11) is 0. The first-order chi connectivity index (χ1) is 6.70. The minimum atomic E-state index is 0.0391. The lowest BCUT2D eigenvalue weighted by molar-refractivity contribution is 0.0807. The maximum absolute atomic E-state index is 9.26. The summed E-state index contributed by atoms with van der Waals surface area (Å²) in [6.45, 7) is 7.73. The summed E-state index contributed by atoms with van der Waals surface area (Å²) in [4.78, 5) is 0. The van der Waals surface area contributed by atoms with Crippen molar-refractivity contribution in [2.75, 3.05) is 26.2 Å². The number of hydrogen-bond acceptors (Lipinski definition) is 3. The van der Waals surface area contributed by atoms with E-state index in [9.17, 15) is 5.11 Å². The maximum atomic E-state index is 9.26. The Hall–Kier alpha value is -0.120. The molecule has 0 spiro atoms. The Balaban J connectivity index is 2.23. The largest absolute Gasteiger partial charge is 0.396 e. The second-order valence-corrected chi connectivity index (χ2v) is 4.70. The van der Waals surface area contributed by atoms with Crippen molar-refractivity contribution in [3.05, 3.63) is 0 Å². The number of piperidine rings is 1. The quantitative estimate of drug-likeness (QED) is 0.704. The van der Waals surface area contributed by atoms with Crippen LogP contribution < -0.4 is 5.43 Å². The standard InChI is InChI=1S/C11H24N2O/c1-3-11(2,10-14)9-12-13-7-5-4-6-8-13/h12,14H,3-10H2,1-2H3. The number of nitrogens with one attached hydrogen (secondary N) is 1. The second kappa shape index (κ2) is 5.69. The third-order valence-electron chi connectivity index (χ3n) is 3.32. The summed E-state index contributed by atoms with van der Waals surface area (Å²) in [5.41, 5.74) is 3.48. The van der Waals surface area contributed by atoms with Gasteiger partial charge >= 0.3 is 0 Å². The van der Waals surface area contributed by atoms with Crippen LogP contribution in [0.15, 0.2) is 0 Å². The number of nitrogens with zero attached hydrogens (tertiary/aromatic N) is 1. The fourth-order valence-corrected chi connectivity index (χ4v) is 1.65. The van der Waals surface area contributed by atoms with Crippen molar-refractivity contribution in [2.45, 2.75) is 39.5 Å². The number of hydrazine groups is 1. The molecule has 14 heavy (non-hydrogen) atoms. The van der Waals surface area contributed by atoms with Gasteiger partial charge in [0.1, 0.15) is 0 Å². The first kappa shape index (κ1) is 12.0. The van der Waals surface area contributed by atoms with Crippen molar-refractivity contribution in [1.29, 1.82) is 0 Å². The summed E-state index contributed by atoms with van der Waals surface area (Å²) in [5.74, 6) is 0. The van der Waals surface area contributed by atoms with E-state index in [4.69, 9.17) is 0 Å². The van der Waals surface area contributed by atoms with Crippen LogP contribution in [-0.4, -0.2) is 36.4 Å². The molecule has 1 heterocycles. The highest BCUT2D eigenvalue weighted by molar-refractivity contribution is 4.74. The Labute approximate surface area is 87.5 Å². The maximum Gasteiger partial charge on any atom is 0.0497 e. The van der Waals surface area contributed by atoms with Crippen molar-refractivity contribution >= 4 is 0 Å². The SMILES string of the molecule is CCC(C)(CO)CNN1CCCCC1. The van der Waals surface area contributed by atoms with Gasteiger partial charge in [-0.3, -0.25) is 5.43 Å². The third kappa shape index (κ3) is 3.56. The van der Waals surface area contributed by atoms with Crippen molar-refractivity contribution in [3.8, 4) is 0 Å². The Morgan fingerprint density at radius 2 is 1.93 bits per heavy atom. The Bertz CT molecular complexity index is 151. The molecular weight excluding hydrogens is 176 g/mol. The molecule has 0 aliphatic carbocycles. The van der Waals surface area contributed by atoms with E-state index < -0.39 is 0 Å². The molecule has 0 radical (unpaired) electrons. The van der Waals surface area contributed by atoms with Gasteiger partial charge in [-0.25, -0.2) is 5.01 Å². The Morgan fingerprint density at radius 3 is 2.43 bits per heavy atom. The van der Waals surface area contributed by atoms with Gasteiger partial charge in [0.05, 0.1) is 0 Å². The van der Waals surface area contributed by atoms with Gasteiger partial charge in [0.2, 0.25) is 0 Å². The fraction of sp³-hybridized carbons (Fsp3) is 1.00. The lowest BCUT2D eigenvalue weighted by atomic mass is 9.89. The van der Waals surface area contributed by atoms with Crippen LogP contribution in [0.5, 0.6) is 0 Å². The molecule has 1 rings (SSSR count). The van der Waals surface area contributed by atoms with Gasteiger partial charge in [-0.2, -0.15) is 0 Å². The van der Waals surface area contributed by atoms with Gasteiger partial charge in [0.25, 0.3) is 0 Å². The Morgan fingerprint density at radius 1 is 1.29 bits per heavy atom. The van der Waals surface area contributed by atoms with E-state index in [-0.39, 0.29) is 12.0 Å². The minimum Gasteiger partial charge on any atom is -0.396 e. The van der Waals surface area contributed by atoms with Crippen molar-refractivity contribution < 1.29 is 5.11 Å². The molecular formula is C11H24N2O. The molecule has 1 fully saturated rings. The van der Waals surface area contributed by atoms with E-state index in [1.54, 1.807) is 0 Å². The first-order valence-corrected chi connectivity index (χ1v) is 5.79. The molecule has 2 N–H and O–H groups in total. The number of aliphatic hydroxyl groups is 1. The van der Waals surface area contributed by atoms with Crippen molar-refractivity contribution in [1.82, 2.24) is 10.4 Å². The number of hydrogen-bond donors (Lipinski definition) is 2. The van der Waals surface area contributed by atoms with Crippen LogP contribution in [0.4, 0.5) is 0 Å². The highest BCUT2D eigenvalue weighted by Crippen LogP contribution is 2.19. The molecule has 3 heteroatoms. The number of aliphatic hydroxyl groups excluding tert-OH is 1. The molecule has 1 aliphatic rings. The molecule has 84 valence electrons. The predicted octanol–water partition coefficient (Wildman–Crippen LogP) is 1.39. The minimum absolute atomic E-state index is 0.0391. The summed E-state index contributed by atoms with van der Waals surface area (Å²) >= 11 is 0. The van der Waals surface area contributed by atoms with E-state index in [0.717, 1.165) is 26.1 Å². The monoisotopic (exact) mass is 200 g/mol. The lowest BCUT2D eigenvalue weighted by Crippen LogP contribution is -2.47. The fourth-order valence-electron chi connectivity index (χ4n) is 1.65. The summed E-state index contributed by atoms with van der Waals surface area (Å²) in [5, 5.41) is 11.6. The smallest absolute Gasteiger partial charge is 0.0497 e. The molecule has 3 nitrogen and oxygen atoms in total. The highest BCUT2D eigenvalue weighted by Gasteiger charge is 2.22. The van der Waals surface area contributed by atoms with E-state index in [1.807, 2.05) is 0 Å². The molecule has 0 aromatic rings. The molecule has 1 unspecified atom stereocenters. The molecule has 1 aliphatic heterocycles. The average molecular weight is 200 g/mol. The predicted molar refractivity (Wildman–Crippen MR) is 58.9 cm³/mol. The normalized spacial score (nSPS) is 23.4. The van der Waals surface area contributed by atoms with Gasteiger partial charge in [-0.1, -0.05) is 20.3 Å². The van der Waals surface area contributed by atoms with Crippen LogP contribution in [0.25, 0.3) is 0 Å². The lowest BCUT2D eigenvalue weighted by Gasteiger charge is -2.33. The molecule has 0 amide bonds. The molecule has 0 aromatic heterocycles. The summed E-state index contributed by atoms with van der Waals surface area (Å²) < 4.78 is 0. The molecule has 1 atom stereocenters. The first-order valence-electron chi connectivity index (χ1n) is 5.79. The highest BCUT2D eigenvalue weighted by atomic mass is 16.3. The molecule has 1 saturated heterocycles. The zero-order valence-electron chi connectivity index (χ0n) is 9.55. The van der Waals surface area contributed by atoms with Crippen LogP contribution >= 0.6 is 0 Å². The summed E-state index contributed by atoms with van der Waals surface area (Å²) in [6.07, 6.45) is 4.98.